The van der Waals surface area contributed by atoms with E-state index in [-0.39, 0.29) is 11.8 Å². The van der Waals surface area contributed by atoms with Crippen molar-refractivity contribution in [1.29, 1.82) is 0 Å². The van der Waals surface area contributed by atoms with Gasteiger partial charge in [-0.3, -0.25) is 9.89 Å². The van der Waals surface area contributed by atoms with Crippen molar-refractivity contribution in [3.63, 3.8) is 0 Å². The Morgan fingerprint density at radius 3 is 3.11 bits per heavy atom. The molecule has 0 radical (unpaired) electrons. The highest BCUT2D eigenvalue weighted by atomic mass is 16.2. The van der Waals surface area contributed by atoms with E-state index >= 15 is 0 Å². The monoisotopic (exact) mass is 248 g/mol. The summed E-state index contributed by atoms with van der Waals surface area (Å²) < 4.78 is 0. The normalized spacial score (nSPS) is 29.7. The van der Waals surface area contributed by atoms with Gasteiger partial charge < -0.3 is 10.6 Å². The van der Waals surface area contributed by atoms with Crippen molar-refractivity contribution >= 4 is 11.7 Å². The number of rotatable bonds is 4. The second-order valence-electron chi connectivity index (χ2n) is 5.41. The molecular weight excluding hydrogens is 228 g/mol. The van der Waals surface area contributed by atoms with Crippen molar-refractivity contribution in [2.45, 2.75) is 51.1 Å². The Labute approximate surface area is 107 Å². The molecule has 18 heavy (non-hydrogen) atoms. The molecule has 3 heterocycles. The number of aryl methyl sites for hydroxylation is 1. The predicted octanol–water partition coefficient (Wildman–Crippen LogP) is 1.44. The lowest BCUT2D eigenvalue weighted by Gasteiger charge is -2.18. The van der Waals surface area contributed by atoms with E-state index in [1.165, 1.54) is 6.42 Å². The fourth-order valence-corrected chi connectivity index (χ4v) is 3.16. The molecule has 3 rings (SSSR count). The first-order valence-corrected chi connectivity index (χ1v) is 6.87. The van der Waals surface area contributed by atoms with Crippen molar-refractivity contribution in [3.05, 3.63) is 11.8 Å². The quantitative estimate of drug-likeness (QED) is 0.755. The number of fused-ring (bicyclic) bond motifs is 2. The van der Waals surface area contributed by atoms with E-state index in [4.69, 9.17) is 0 Å². The molecule has 1 aromatic rings. The fourth-order valence-electron chi connectivity index (χ4n) is 3.16. The van der Waals surface area contributed by atoms with Gasteiger partial charge in [0.25, 0.3) is 0 Å². The summed E-state index contributed by atoms with van der Waals surface area (Å²) in [4.78, 5) is 12.2. The topological polar surface area (TPSA) is 69.8 Å². The Morgan fingerprint density at radius 2 is 2.44 bits per heavy atom. The molecule has 2 aliphatic rings. The van der Waals surface area contributed by atoms with Crippen LogP contribution in [0.3, 0.4) is 0 Å². The zero-order chi connectivity index (χ0) is 12.5. The number of amides is 1. The van der Waals surface area contributed by atoms with Crippen molar-refractivity contribution in [2.75, 3.05) is 5.32 Å². The molecule has 2 bridgehead atoms. The molecule has 0 aliphatic carbocycles. The van der Waals surface area contributed by atoms with E-state index in [9.17, 15) is 4.79 Å². The van der Waals surface area contributed by atoms with Gasteiger partial charge in [0, 0.05) is 23.8 Å². The number of nitrogens with zero attached hydrogens (tertiary/aromatic N) is 1. The van der Waals surface area contributed by atoms with E-state index < -0.39 is 0 Å². The van der Waals surface area contributed by atoms with Gasteiger partial charge in [-0.1, -0.05) is 13.3 Å². The zero-order valence-electron chi connectivity index (χ0n) is 10.7. The molecule has 98 valence electrons. The Morgan fingerprint density at radius 1 is 1.56 bits per heavy atom. The fraction of sp³-hybridized carbons (Fsp3) is 0.692. The largest absolute Gasteiger partial charge is 0.310 e. The molecular formula is C13H20N4O. The highest BCUT2D eigenvalue weighted by Crippen LogP contribution is 2.33. The molecule has 3 atom stereocenters. The molecule has 1 aromatic heterocycles. The van der Waals surface area contributed by atoms with Gasteiger partial charge in [-0.15, -0.1) is 0 Å². The third-order valence-corrected chi connectivity index (χ3v) is 4.04. The minimum Gasteiger partial charge on any atom is -0.310 e. The molecule has 2 aliphatic heterocycles. The van der Waals surface area contributed by atoms with Gasteiger partial charge in [0.1, 0.15) is 0 Å². The first kappa shape index (κ1) is 11.7. The number of carbonyl (C=O) groups excluding carboxylic acids is 1. The van der Waals surface area contributed by atoms with Crippen molar-refractivity contribution in [3.8, 4) is 0 Å². The first-order valence-electron chi connectivity index (χ1n) is 6.87. The Kier molecular flexibility index (Phi) is 3.07. The van der Waals surface area contributed by atoms with Gasteiger partial charge in [-0.25, -0.2) is 0 Å². The van der Waals surface area contributed by atoms with Gasteiger partial charge >= 0.3 is 0 Å². The van der Waals surface area contributed by atoms with Gasteiger partial charge in [0.2, 0.25) is 5.91 Å². The lowest BCUT2D eigenvalue weighted by molar-refractivity contribution is -0.120. The van der Waals surface area contributed by atoms with Crippen LogP contribution >= 0.6 is 0 Å². The zero-order valence-corrected chi connectivity index (χ0v) is 10.7. The van der Waals surface area contributed by atoms with Gasteiger partial charge in [0.05, 0.1) is 5.92 Å². The van der Waals surface area contributed by atoms with Crippen molar-refractivity contribution in [2.24, 2.45) is 5.92 Å². The van der Waals surface area contributed by atoms with Crippen LogP contribution in [-0.4, -0.2) is 28.2 Å². The minimum absolute atomic E-state index is 0.115. The maximum absolute atomic E-state index is 12.2. The average Bonchev–Trinajstić information content (AvgIpc) is 3.05. The van der Waals surface area contributed by atoms with Crippen LogP contribution in [0.15, 0.2) is 6.07 Å². The van der Waals surface area contributed by atoms with Gasteiger partial charge in [0.15, 0.2) is 5.82 Å². The van der Waals surface area contributed by atoms with Crippen LogP contribution in [0.4, 0.5) is 5.82 Å². The van der Waals surface area contributed by atoms with Crippen molar-refractivity contribution in [1.82, 2.24) is 15.5 Å². The Bertz CT molecular complexity index is 442. The molecule has 3 N–H and O–H groups in total. The standard InChI is InChI=1S/C13H20N4O/c1-2-3-9-7-12(17-16-9)15-13(18)10-6-8-4-5-11(10)14-8/h7-8,10-11,14H,2-6H2,1H3,(H2,15,16,17,18). The minimum atomic E-state index is 0.115. The third kappa shape index (κ3) is 2.14. The number of nitrogens with one attached hydrogen (secondary N) is 3. The Balaban J connectivity index is 1.60. The summed E-state index contributed by atoms with van der Waals surface area (Å²) in [5, 5.41) is 13.5. The molecule has 0 saturated carbocycles. The van der Waals surface area contributed by atoms with Crippen LogP contribution in [0.25, 0.3) is 0 Å². The van der Waals surface area contributed by atoms with Gasteiger partial charge in [-0.2, -0.15) is 5.10 Å². The molecule has 0 aromatic carbocycles. The predicted molar refractivity (Wildman–Crippen MR) is 69.3 cm³/mol. The van der Waals surface area contributed by atoms with Crippen LogP contribution in [0, 0.1) is 5.92 Å². The smallest absolute Gasteiger partial charge is 0.230 e. The van der Waals surface area contributed by atoms with Crippen LogP contribution in [-0.2, 0) is 11.2 Å². The summed E-state index contributed by atoms with van der Waals surface area (Å²) in [6, 6.07) is 2.87. The van der Waals surface area contributed by atoms with Crippen LogP contribution in [0.1, 0.15) is 38.3 Å². The number of aromatic nitrogens is 2. The second kappa shape index (κ2) is 4.72. The van der Waals surface area contributed by atoms with Crippen LogP contribution < -0.4 is 10.6 Å². The number of H-pyrrole nitrogens is 1. The average molecular weight is 248 g/mol. The highest BCUT2D eigenvalue weighted by molar-refractivity contribution is 5.92. The van der Waals surface area contributed by atoms with E-state index in [1.807, 2.05) is 6.07 Å². The molecule has 2 fully saturated rings. The van der Waals surface area contributed by atoms with E-state index in [0.717, 1.165) is 31.4 Å². The van der Waals surface area contributed by atoms with Gasteiger partial charge in [-0.05, 0) is 25.7 Å². The van der Waals surface area contributed by atoms with E-state index in [2.05, 4.69) is 27.8 Å². The van der Waals surface area contributed by atoms with Crippen LogP contribution in [0.2, 0.25) is 0 Å². The molecule has 0 spiro atoms. The number of aromatic amines is 1. The molecule has 3 unspecified atom stereocenters. The second-order valence-corrected chi connectivity index (χ2v) is 5.41. The van der Waals surface area contributed by atoms with E-state index in [0.29, 0.717) is 17.9 Å². The lowest BCUT2D eigenvalue weighted by Crippen LogP contribution is -2.32. The number of anilines is 1. The lowest BCUT2D eigenvalue weighted by atomic mass is 9.88. The summed E-state index contributed by atoms with van der Waals surface area (Å²) in [6.07, 6.45) is 5.37. The Hall–Kier alpha value is -1.36. The summed E-state index contributed by atoms with van der Waals surface area (Å²) >= 11 is 0. The molecule has 1 amide bonds. The third-order valence-electron chi connectivity index (χ3n) is 4.04. The summed E-state index contributed by atoms with van der Waals surface area (Å²) in [5.41, 5.74) is 1.08. The maximum Gasteiger partial charge on any atom is 0.230 e. The molecule has 2 saturated heterocycles. The highest BCUT2D eigenvalue weighted by Gasteiger charge is 2.42. The first-order chi connectivity index (χ1) is 8.76. The number of hydrogen-bond acceptors (Lipinski definition) is 3. The molecule has 5 heteroatoms. The van der Waals surface area contributed by atoms with Crippen molar-refractivity contribution < 1.29 is 4.79 Å². The number of carbonyl (C=O) groups is 1. The SMILES string of the molecule is CCCc1cc(NC(=O)C2CC3CCC2N3)n[nH]1. The summed E-state index contributed by atoms with van der Waals surface area (Å²) in [6.45, 7) is 2.13. The van der Waals surface area contributed by atoms with E-state index in [1.54, 1.807) is 0 Å². The molecule has 5 nitrogen and oxygen atoms in total. The summed E-state index contributed by atoms with van der Waals surface area (Å²) in [5.74, 6) is 0.894. The van der Waals surface area contributed by atoms with Crippen LogP contribution in [0.5, 0.6) is 0 Å². The maximum atomic E-state index is 12.2. The summed E-state index contributed by atoms with van der Waals surface area (Å²) in [7, 11) is 0. The number of hydrogen-bond donors (Lipinski definition) is 3.